The Morgan fingerprint density at radius 2 is 2.20 bits per heavy atom. The number of furan rings is 1. The highest BCUT2D eigenvalue weighted by Crippen LogP contribution is 2.09. The fourth-order valence-electron chi connectivity index (χ4n) is 1.41. The summed E-state index contributed by atoms with van der Waals surface area (Å²) in [5.74, 6) is 0.909. The van der Waals surface area contributed by atoms with Gasteiger partial charge in [0.25, 0.3) is 5.91 Å². The molecule has 1 N–H and O–H groups in total. The zero-order valence-electron chi connectivity index (χ0n) is 9.19. The molecule has 0 aromatic carbocycles. The molecular weight excluding hydrogens is 194 g/mol. The third-order valence-electron chi connectivity index (χ3n) is 2.10. The Balaban J connectivity index is 2.71. The first kappa shape index (κ1) is 11.8. The molecule has 0 spiro atoms. The number of hydrogen-bond donors (Lipinski definition) is 1. The molecule has 0 unspecified atom stereocenters. The molecule has 15 heavy (non-hydrogen) atoms. The van der Waals surface area contributed by atoms with E-state index in [0.717, 1.165) is 12.2 Å². The van der Waals surface area contributed by atoms with E-state index in [1.165, 1.54) is 0 Å². The Kier molecular flexibility index (Phi) is 4.37. The number of nitrogens with zero attached hydrogens (tertiary/aromatic N) is 1. The Labute approximate surface area is 89.5 Å². The molecule has 0 saturated heterocycles. The van der Waals surface area contributed by atoms with Gasteiger partial charge in [0.05, 0.1) is 6.61 Å². The minimum Gasteiger partial charge on any atom is -0.456 e. The van der Waals surface area contributed by atoms with Crippen LogP contribution in [0.2, 0.25) is 0 Å². The fourth-order valence-corrected chi connectivity index (χ4v) is 1.41. The number of carbonyl (C=O) groups excluding carboxylic acids is 1. The Hall–Kier alpha value is -1.29. The van der Waals surface area contributed by atoms with Crippen molar-refractivity contribution in [2.45, 2.75) is 20.3 Å². The maximum atomic E-state index is 11.9. The number of rotatable bonds is 5. The van der Waals surface area contributed by atoms with Crippen LogP contribution >= 0.6 is 0 Å². The van der Waals surface area contributed by atoms with Crippen molar-refractivity contribution in [3.63, 3.8) is 0 Å². The first-order valence-corrected chi connectivity index (χ1v) is 5.15. The summed E-state index contributed by atoms with van der Waals surface area (Å²) in [4.78, 5) is 13.5. The molecule has 0 aliphatic heterocycles. The van der Waals surface area contributed by atoms with Crippen LogP contribution in [0.1, 0.15) is 29.7 Å². The van der Waals surface area contributed by atoms with Crippen molar-refractivity contribution in [1.82, 2.24) is 4.90 Å². The maximum absolute atomic E-state index is 11.9. The van der Waals surface area contributed by atoms with Crippen LogP contribution in [0.3, 0.4) is 0 Å². The molecule has 84 valence electrons. The van der Waals surface area contributed by atoms with Crippen LogP contribution in [0, 0.1) is 6.92 Å². The predicted molar refractivity (Wildman–Crippen MR) is 56.7 cm³/mol. The second-order valence-corrected chi connectivity index (χ2v) is 3.43. The van der Waals surface area contributed by atoms with Gasteiger partial charge in [-0.15, -0.1) is 0 Å². The van der Waals surface area contributed by atoms with Gasteiger partial charge in [-0.2, -0.15) is 0 Å². The normalized spacial score (nSPS) is 10.3. The summed E-state index contributed by atoms with van der Waals surface area (Å²) >= 11 is 0. The van der Waals surface area contributed by atoms with Gasteiger partial charge < -0.3 is 14.4 Å². The molecule has 0 fully saturated rings. The summed E-state index contributed by atoms with van der Waals surface area (Å²) in [7, 11) is 0. The van der Waals surface area contributed by atoms with E-state index < -0.39 is 0 Å². The van der Waals surface area contributed by atoms with Gasteiger partial charge in [0, 0.05) is 13.1 Å². The lowest BCUT2D eigenvalue weighted by Crippen LogP contribution is -2.33. The lowest BCUT2D eigenvalue weighted by Gasteiger charge is -2.19. The summed E-state index contributed by atoms with van der Waals surface area (Å²) in [6.07, 6.45) is 0.866. The highest BCUT2D eigenvalue weighted by molar-refractivity contribution is 5.91. The number of aryl methyl sites for hydroxylation is 1. The molecule has 1 aromatic rings. The molecule has 0 radical (unpaired) electrons. The number of carbonyl (C=O) groups is 1. The van der Waals surface area contributed by atoms with Crippen LogP contribution in [0.15, 0.2) is 16.5 Å². The summed E-state index contributed by atoms with van der Waals surface area (Å²) in [6.45, 7) is 4.76. The lowest BCUT2D eigenvalue weighted by molar-refractivity contribution is 0.0689. The van der Waals surface area contributed by atoms with Crippen LogP contribution in [-0.4, -0.2) is 35.6 Å². The van der Waals surface area contributed by atoms with Crippen LogP contribution in [-0.2, 0) is 0 Å². The average molecular weight is 211 g/mol. The van der Waals surface area contributed by atoms with E-state index in [9.17, 15) is 4.79 Å². The minimum absolute atomic E-state index is 0.0224. The third-order valence-corrected chi connectivity index (χ3v) is 2.10. The standard InChI is InChI=1S/C11H17NO3/c1-3-6-12(7-8-13)11(14)10-5-4-9(2)15-10/h4-5,13H,3,6-8H2,1-2H3. The Morgan fingerprint density at radius 1 is 1.47 bits per heavy atom. The van der Waals surface area contributed by atoms with E-state index in [1.54, 1.807) is 24.0 Å². The van der Waals surface area contributed by atoms with E-state index in [0.29, 0.717) is 18.8 Å². The quantitative estimate of drug-likeness (QED) is 0.801. The zero-order valence-corrected chi connectivity index (χ0v) is 9.19. The molecule has 4 heteroatoms. The zero-order chi connectivity index (χ0) is 11.3. The van der Waals surface area contributed by atoms with Crippen molar-refractivity contribution in [2.24, 2.45) is 0 Å². The number of hydrogen-bond acceptors (Lipinski definition) is 3. The predicted octanol–water partition coefficient (Wildman–Crippen LogP) is 1.43. The smallest absolute Gasteiger partial charge is 0.289 e. The van der Waals surface area contributed by atoms with Gasteiger partial charge in [-0.25, -0.2) is 0 Å². The molecular formula is C11H17NO3. The molecule has 1 amide bonds. The lowest BCUT2D eigenvalue weighted by atomic mass is 10.3. The van der Waals surface area contributed by atoms with Crippen LogP contribution < -0.4 is 0 Å². The first-order chi connectivity index (χ1) is 7.19. The molecule has 4 nitrogen and oxygen atoms in total. The molecule has 0 bridgehead atoms. The molecule has 0 atom stereocenters. The topological polar surface area (TPSA) is 53.7 Å². The van der Waals surface area contributed by atoms with Gasteiger partial charge in [-0.3, -0.25) is 4.79 Å². The van der Waals surface area contributed by atoms with Crippen molar-refractivity contribution in [3.8, 4) is 0 Å². The van der Waals surface area contributed by atoms with Gasteiger partial charge in [-0.1, -0.05) is 6.92 Å². The van der Waals surface area contributed by atoms with E-state index in [-0.39, 0.29) is 12.5 Å². The van der Waals surface area contributed by atoms with Crippen molar-refractivity contribution < 1.29 is 14.3 Å². The van der Waals surface area contributed by atoms with Gasteiger partial charge >= 0.3 is 0 Å². The molecule has 0 aliphatic carbocycles. The summed E-state index contributed by atoms with van der Waals surface area (Å²) in [6, 6.07) is 3.42. The second kappa shape index (κ2) is 5.56. The monoisotopic (exact) mass is 211 g/mol. The molecule has 1 aromatic heterocycles. The second-order valence-electron chi connectivity index (χ2n) is 3.43. The summed E-state index contributed by atoms with van der Waals surface area (Å²) in [5, 5.41) is 8.84. The first-order valence-electron chi connectivity index (χ1n) is 5.15. The Bertz CT molecular complexity index is 313. The summed E-state index contributed by atoms with van der Waals surface area (Å²) < 4.78 is 5.25. The highest BCUT2D eigenvalue weighted by atomic mass is 16.3. The van der Waals surface area contributed by atoms with E-state index in [1.807, 2.05) is 6.92 Å². The van der Waals surface area contributed by atoms with Crippen LogP contribution in [0.5, 0.6) is 0 Å². The van der Waals surface area contributed by atoms with Crippen LogP contribution in [0.4, 0.5) is 0 Å². The van der Waals surface area contributed by atoms with Gasteiger partial charge in [-0.05, 0) is 25.5 Å². The van der Waals surface area contributed by atoms with Crippen molar-refractivity contribution in [3.05, 3.63) is 23.7 Å². The SMILES string of the molecule is CCCN(CCO)C(=O)c1ccc(C)o1. The number of aliphatic hydroxyl groups is 1. The van der Waals surface area contributed by atoms with Crippen molar-refractivity contribution in [1.29, 1.82) is 0 Å². The summed E-state index contributed by atoms with van der Waals surface area (Å²) in [5.41, 5.74) is 0. The van der Waals surface area contributed by atoms with E-state index in [4.69, 9.17) is 9.52 Å². The Morgan fingerprint density at radius 3 is 2.67 bits per heavy atom. The van der Waals surface area contributed by atoms with Gasteiger partial charge in [0.1, 0.15) is 5.76 Å². The molecule has 1 heterocycles. The fraction of sp³-hybridized carbons (Fsp3) is 0.545. The highest BCUT2D eigenvalue weighted by Gasteiger charge is 2.17. The number of aliphatic hydroxyl groups excluding tert-OH is 1. The molecule has 1 rings (SSSR count). The maximum Gasteiger partial charge on any atom is 0.289 e. The van der Waals surface area contributed by atoms with Crippen molar-refractivity contribution >= 4 is 5.91 Å². The average Bonchev–Trinajstić information content (AvgIpc) is 2.63. The minimum atomic E-state index is -0.154. The molecule has 0 aliphatic rings. The molecule has 0 saturated carbocycles. The van der Waals surface area contributed by atoms with Gasteiger partial charge in [0.2, 0.25) is 0 Å². The third kappa shape index (κ3) is 3.09. The van der Waals surface area contributed by atoms with E-state index >= 15 is 0 Å². The van der Waals surface area contributed by atoms with Crippen LogP contribution in [0.25, 0.3) is 0 Å². The number of amides is 1. The van der Waals surface area contributed by atoms with Gasteiger partial charge in [0.15, 0.2) is 5.76 Å². The van der Waals surface area contributed by atoms with E-state index in [2.05, 4.69) is 0 Å². The largest absolute Gasteiger partial charge is 0.456 e. The van der Waals surface area contributed by atoms with Crippen molar-refractivity contribution in [2.75, 3.05) is 19.7 Å².